The molecule has 26 heteroatoms. The lowest BCUT2D eigenvalue weighted by Gasteiger charge is -2.25. The van der Waals surface area contributed by atoms with Crippen LogP contribution in [0.3, 0.4) is 0 Å². The number of carboxylic acids is 2. The maximum Gasteiger partial charge on any atom is 0.328 e. The maximum absolute atomic E-state index is 13.2. The second-order valence-corrected chi connectivity index (χ2v) is 13.8. The highest BCUT2D eigenvalue weighted by atomic mass is 16.4. The molecule has 0 unspecified atom stereocenters. The van der Waals surface area contributed by atoms with Gasteiger partial charge in [0.15, 0.2) is 12.0 Å². The van der Waals surface area contributed by atoms with Gasteiger partial charge in [-0.15, -0.1) is 0 Å². The number of guanidine groups is 1. The molecular formula is C34H58N12O14. The van der Waals surface area contributed by atoms with Crippen LogP contribution in [0, 0.1) is 5.92 Å². The van der Waals surface area contributed by atoms with Crippen LogP contribution in [-0.2, 0) is 47.9 Å². The number of carbonyl (C=O) groups is 10. The summed E-state index contributed by atoms with van der Waals surface area (Å²) in [6.45, 7) is 2.05. The molecule has 0 saturated carbocycles. The number of aliphatic hydroxyl groups is 2. The first-order valence-electron chi connectivity index (χ1n) is 19.0. The Balaban J connectivity index is 2.87. The van der Waals surface area contributed by atoms with Gasteiger partial charge in [-0.25, -0.2) is 4.79 Å². The molecule has 1 aliphatic rings. The zero-order valence-electron chi connectivity index (χ0n) is 33.6. The lowest BCUT2D eigenvalue weighted by molar-refractivity contribution is -0.145. The third-order valence-corrected chi connectivity index (χ3v) is 8.95. The zero-order chi connectivity index (χ0) is 45.5. The third kappa shape index (κ3) is 19.5. The van der Waals surface area contributed by atoms with Crippen molar-refractivity contribution in [3.8, 4) is 0 Å². The highest BCUT2D eigenvalue weighted by Gasteiger charge is 2.32. The first-order valence-corrected chi connectivity index (χ1v) is 19.0. The number of rotatable bonds is 27. The minimum Gasteiger partial charge on any atom is -0.481 e. The molecule has 338 valence electrons. The van der Waals surface area contributed by atoms with Gasteiger partial charge in [0.05, 0.1) is 44.8 Å². The molecule has 0 spiro atoms. The number of aliphatic hydroxyl groups excluding tert-OH is 2. The van der Waals surface area contributed by atoms with Crippen molar-refractivity contribution in [3.05, 3.63) is 0 Å². The van der Waals surface area contributed by atoms with E-state index in [1.54, 1.807) is 6.92 Å². The SMILES string of the molecule is CC[C@H](C)[C@H](NC(=O)[C@@H]1CCCN1)C(=O)NCC(=O)N[C@@H](CCCN=C(N)N)C(=O)NCC(=O)N[C@@H](CC(=O)O)C(=O)NCC(=O)N[C@@H](CO)C(=O)N[C@H](C(=O)O)[C@@H](C)O. The normalized spacial score (nSPS) is 16.7. The molecule has 0 aromatic carbocycles. The number of carbonyl (C=O) groups excluding carboxylic acids is 8. The predicted octanol–water partition coefficient (Wildman–Crippen LogP) is -7.46. The van der Waals surface area contributed by atoms with Crippen molar-refractivity contribution in [3.63, 3.8) is 0 Å². The second-order valence-electron chi connectivity index (χ2n) is 13.8. The number of hydrogen-bond acceptors (Lipinski definition) is 14. The van der Waals surface area contributed by atoms with Crippen molar-refractivity contribution < 1.29 is 68.4 Å². The summed E-state index contributed by atoms with van der Waals surface area (Å²) in [7, 11) is 0. The lowest BCUT2D eigenvalue weighted by atomic mass is 9.97. The summed E-state index contributed by atoms with van der Waals surface area (Å²) in [6.07, 6.45) is -0.474. The van der Waals surface area contributed by atoms with Crippen LogP contribution in [0.15, 0.2) is 4.99 Å². The molecule has 1 rings (SSSR count). The Morgan fingerprint density at radius 3 is 1.73 bits per heavy atom. The van der Waals surface area contributed by atoms with E-state index in [0.29, 0.717) is 19.4 Å². The fourth-order valence-electron chi connectivity index (χ4n) is 5.45. The van der Waals surface area contributed by atoms with Gasteiger partial charge in [-0.3, -0.25) is 48.1 Å². The Bertz CT molecular complexity index is 1570. The van der Waals surface area contributed by atoms with Crippen molar-refractivity contribution in [2.45, 2.75) is 102 Å². The minimum absolute atomic E-state index is 0.0530. The van der Waals surface area contributed by atoms with E-state index in [2.05, 4.69) is 36.9 Å². The number of nitrogens with one attached hydrogen (secondary N) is 9. The zero-order valence-corrected chi connectivity index (χ0v) is 33.6. The summed E-state index contributed by atoms with van der Waals surface area (Å²) < 4.78 is 0. The summed E-state index contributed by atoms with van der Waals surface area (Å²) in [5.74, 6) is -10.9. The van der Waals surface area contributed by atoms with Gasteiger partial charge in [-0.2, -0.15) is 0 Å². The van der Waals surface area contributed by atoms with Gasteiger partial charge in [0.2, 0.25) is 47.3 Å². The van der Waals surface area contributed by atoms with Gasteiger partial charge >= 0.3 is 11.9 Å². The van der Waals surface area contributed by atoms with E-state index < -0.39 is 128 Å². The number of hydrogen-bond donors (Lipinski definition) is 15. The molecular weight excluding hydrogens is 800 g/mol. The quantitative estimate of drug-likeness (QED) is 0.0207. The molecule has 8 amide bonds. The van der Waals surface area contributed by atoms with Crippen molar-refractivity contribution in [1.29, 1.82) is 0 Å². The summed E-state index contributed by atoms with van der Waals surface area (Å²) >= 11 is 0. The van der Waals surface area contributed by atoms with E-state index in [9.17, 15) is 63.3 Å². The number of carboxylic acid groups (broad SMARTS) is 2. The van der Waals surface area contributed by atoms with Crippen molar-refractivity contribution in [2.75, 3.05) is 39.3 Å². The van der Waals surface area contributed by atoms with Crippen molar-refractivity contribution in [1.82, 2.24) is 47.9 Å². The molecule has 0 aromatic rings. The Hall–Kier alpha value is -6.15. The summed E-state index contributed by atoms with van der Waals surface area (Å²) in [5.41, 5.74) is 10.7. The van der Waals surface area contributed by atoms with Crippen LogP contribution in [0.1, 0.15) is 59.3 Å². The molecule has 1 saturated heterocycles. The van der Waals surface area contributed by atoms with E-state index in [1.165, 1.54) is 0 Å². The molecule has 1 heterocycles. The molecule has 0 bridgehead atoms. The molecule has 1 aliphatic heterocycles. The summed E-state index contributed by atoms with van der Waals surface area (Å²) in [6, 6.07) is -7.99. The topological polar surface area (TPSA) is 424 Å². The predicted molar refractivity (Wildman–Crippen MR) is 208 cm³/mol. The first kappa shape index (κ1) is 51.9. The Kier molecular flexibility index (Phi) is 23.1. The minimum atomic E-state index is -1.80. The van der Waals surface area contributed by atoms with Crippen LogP contribution in [0.25, 0.3) is 0 Å². The van der Waals surface area contributed by atoms with Crippen molar-refractivity contribution in [2.24, 2.45) is 22.4 Å². The molecule has 26 nitrogen and oxygen atoms in total. The standard InChI is InChI=1S/C34H58N12O14/c1-4-16(2)26(45-30(56)18-7-5-9-37-18)32(58)41-14-22(49)42-19(8-6-10-38-34(35)36)28(54)39-12-23(50)43-20(11-25(52)53)29(55)40-13-24(51)44-21(15-47)31(57)46-27(17(3)48)33(59)60/h16-21,26-27,37,47-48H,4-15H2,1-3H3,(H,39,54)(H,40,55)(H,41,58)(H,42,49)(H,43,50)(H,44,51)(H,45,56)(H,46,57)(H,52,53)(H,59,60)(H4,35,36,38)/t16-,17+,18-,19-,20-,21-,26-,27-/m0/s1. The van der Waals surface area contributed by atoms with Crippen molar-refractivity contribution >= 4 is 65.2 Å². The summed E-state index contributed by atoms with van der Waals surface area (Å²) in [4.78, 5) is 129. The molecule has 0 radical (unpaired) electrons. The molecule has 1 fully saturated rings. The summed E-state index contributed by atoms with van der Waals surface area (Å²) in [5, 5.41) is 58.5. The third-order valence-electron chi connectivity index (χ3n) is 8.95. The van der Waals surface area contributed by atoms with Gasteiger partial charge < -0.3 is 79.7 Å². The van der Waals surface area contributed by atoms with Gasteiger partial charge in [0, 0.05) is 6.54 Å². The Morgan fingerprint density at radius 1 is 0.733 bits per heavy atom. The maximum atomic E-state index is 13.2. The van der Waals surface area contributed by atoms with Gasteiger partial charge in [-0.05, 0) is 45.1 Å². The van der Waals surface area contributed by atoms with E-state index >= 15 is 0 Å². The van der Waals surface area contributed by atoms with Crippen LogP contribution >= 0.6 is 0 Å². The fraction of sp³-hybridized carbons (Fsp3) is 0.676. The Morgan fingerprint density at radius 2 is 1.27 bits per heavy atom. The fourth-order valence-corrected chi connectivity index (χ4v) is 5.45. The first-order chi connectivity index (χ1) is 28.2. The number of nitrogens with two attached hydrogens (primary N) is 2. The number of amides is 8. The highest BCUT2D eigenvalue weighted by molar-refractivity contribution is 5.97. The Labute approximate surface area is 344 Å². The lowest BCUT2D eigenvalue weighted by Crippen LogP contribution is -2.57. The number of nitrogens with zero attached hydrogens (tertiary/aromatic N) is 1. The van der Waals surface area contributed by atoms with Crippen LogP contribution < -0.4 is 59.3 Å². The average molecular weight is 859 g/mol. The van der Waals surface area contributed by atoms with Crippen LogP contribution in [0.2, 0.25) is 0 Å². The van der Waals surface area contributed by atoms with Gasteiger partial charge in [0.25, 0.3) is 0 Å². The second kappa shape index (κ2) is 26.8. The molecule has 60 heavy (non-hydrogen) atoms. The largest absolute Gasteiger partial charge is 0.481 e. The molecule has 17 N–H and O–H groups in total. The van der Waals surface area contributed by atoms with E-state index in [1.807, 2.05) is 22.9 Å². The van der Waals surface area contributed by atoms with Crippen LogP contribution in [-0.4, -0.2) is 167 Å². The van der Waals surface area contributed by atoms with E-state index in [0.717, 1.165) is 13.3 Å². The van der Waals surface area contributed by atoms with Crippen LogP contribution in [0.4, 0.5) is 0 Å². The molecule has 0 aromatic heterocycles. The number of aliphatic carboxylic acids is 2. The molecule has 8 atom stereocenters. The smallest absolute Gasteiger partial charge is 0.328 e. The number of aliphatic imine (C=N–C) groups is 1. The van der Waals surface area contributed by atoms with E-state index in [4.69, 9.17) is 16.6 Å². The highest BCUT2D eigenvalue weighted by Crippen LogP contribution is 2.11. The van der Waals surface area contributed by atoms with E-state index in [-0.39, 0.29) is 37.2 Å². The monoisotopic (exact) mass is 858 g/mol. The van der Waals surface area contributed by atoms with Gasteiger partial charge in [0.1, 0.15) is 24.2 Å². The average Bonchev–Trinajstić information content (AvgIpc) is 3.73. The van der Waals surface area contributed by atoms with Crippen LogP contribution in [0.5, 0.6) is 0 Å². The molecule has 0 aliphatic carbocycles. The van der Waals surface area contributed by atoms with Gasteiger partial charge in [-0.1, -0.05) is 20.3 Å².